The zero-order chi connectivity index (χ0) is 23.8. The van der Waals surface area contributed by atoms with Crippen LogP contribution in [0, 0.1) is 0 Å². The van der Waals surface area contributed by atoms with E-state index in [0.29, 0.717) is 30.1 Å². The quantitative estimate of drug-likeness (QED) is 0.498. The van der Waals surface area contributed by atoms with Gasteiger partial charge in [0.2, 0.25) is 0 Å². The van der Waals surface area contributed by atoms with Crippen LogP contribution in [0.1, 0.15) is 22.4 Å². The predicted octanol–water partition coefficient (Wildman–Crippen LogP) is 5.14. The van der Waals surface area contributed by atoms with Crippen LogP contribution in [0.25, 0.3) is 11.3 Å². The van der Waals surface area contributed by atoms with Crippen molar-refractivity contribution in [1.29, 1.82) is 0 Å². The molecule has 0 unspecified atom stereocenters. The molecule has 1 aromatic carbocycles. The molecule has 0 atom stereocenters. The number of rotatable bonds is 3. The van der Waals surface area contributed by atoms with Gasteiger partial charge in [-0.2, -0.15) is 31.4 Å². The fourth-order valence-corrected chi connectivity index (χ4v) is 3.42. The van der Waals surface area contributed by atoms with E-state index in [0.717, 1.165) is 5.56 Å². The third-order valence-electron chi connectivity index (χ3n) is 5.04. The number of carbonyl (C=O) groups excluding carboxylic acids is 1. The van der Waals surface area contributed by atoms with E-state index in [2.05, 4.69) is 10.1 Å². The van der Waals surface area contributed by atoms with Crippen molar-refractivity contribution in [1.82, 2.24) is 19.7 Å². The van der Waals surface area contributed by atoms with Crippen LogP contribution in [-0.2, 0) is 36.8 Å². The summed E-state index contributed by atoms with van der Waals surface area (Å²) in [5.74, 6) is 0. The van der Waals surface area contributed by atoms with Crippen LogP contribution in [0.2, 0.25) is 0 Å². The maximum absolute atomic E-state index is 13.0. The summed E-state index contributed by atoms with van der Waals surface area (Å²) in [5, 5.41) is 4.47. The largest absolute Gasteiger partial charge is 0.445 e. The molecule has 1 aliphatic rings. The maximum atomic E-state index is 13.0. The first-order chi connectivity index (χ1) is 15.5. The van der Waals surface area contributed by atoms with Crippen molar-refractivity contribution in [3.8, 4) is 11.3 Å². The number of hydrogen-bond donors (Lipinski definition) is 0. The van der Waals surface area contributed by atoms with Crippen LogP contribution in [0.4, 0.5) is 31.1 Å². The van der Waals surface area contributed by atoms with Gasteiger partial charge in [-0.3, -0.25) is 9.67 Å². The minimum atomic E-state index is -4.97. The SMILES string of the molecule is O=C(OCc1cc(C(F)(F)F)cc(C(F)(F)F)c1)N1CCn2nc(-c3ccncc3)cc2C1. The normalized spacial score (nSPS) is 14.2. The summed E-state index contributed by atoms with van der Waals surface area (Å²) in [6.07, 6.45) is -7.56. The van der Waals surface area contributed by atoms with E-state index in [-0.39, 0.29) is 19.2 Å². The number of fused-ring (bicyclic) bond motifs is 1. The Morgan fingerprint density at radius 3 is 2.18 bits per heavy atom. The average Bonchev–Trinajstić information content (AvgIpc) is 3.20. The van der Waals surface area contributed by atoms with Gasteiger partial charge in [0.25, 0.3) is 0 Å². The van der Waals surface area contributed by atoms with E-state index in [1.54, 1.807) is 35.3 Å². The second-order valence-electron chi connectivity index (χ2n) is 7.37. The summed E-state index contributed by atoms with van der Waals surface area (Å²) in [4.78, 5) is 17.7. The first-order valence-corrected chi connectivity index (χ1v) is 9.68. The summed E-state index contributed by atoms with van der Waals surface area (Å²) in [6, 6.07) is 6.45. The maximum Gasteiger partial charge on any atom is 0.416 e. The summed E-state index contributed by atoms with van der Waals surface area (Å²) < 4.78 is 84.7. The monoisotopic (exact) mass is 470 g/mol. The van der Waals surface area contributed by atoms with Gasteiger partial charge in [-0.1, -0.05) is 0 Å². The molecule has 1 amide bonds. The molecular formula is C21H16F6N4O2. The van der Waals surface area contributed by atoms with Crippen LogP contribution in [0.3, 0.4) is 0 Å². The lowest BCUT2D eigenvalue weighted by Gasteiger charge is -2.27. The molecule has 174 valence electrons. The topological polar surface area (TPSA) is 60.2 Å². The summed E-state index contributed by atoms with van der Waals surface area (Å²) in [6.45, 7) is -0.0197. The van der Waals surface area contributed by atoms with E-state index >= 15 is 0 Å². The molecule has 6 nitrogen and oxygen atoms in total. The molecule has 0 spiro atoms. The van der Waals surface area contributed by atoms with Crippen molar-refractivity contribution in [3.05, 3.63) is 71.2 Å². The van der Waals surface area contributed by atoms with Gasteiger partial charge in [-0.05, 0) is 42.0 Å². The standard InChI is InChI=1S/C21H16F6N4O2/c22-20(23,24)15-7-13(8-16(9-15)21(25,26)27)12-33-19(32)30-5-6-31-17(11-30)10-18(29-31)14-1-3-28-4-2-14/h1-4,7-10H,5-6,11-12H2. The Bertz CT molecular complexity index is 1130. The number of halogens is 6. The molecule has 12 heteroatoms. The molecule has 4 rings (SSSR count). The Hall–Kier alpha value is -3.57. The van der Waals surface area contributed by atoms with E-state index < -0.39 is 41.7 Å². The van der Waals surface area contributed by atoms with Gasteiger partial charge in [0.1, 0.15) is 6.61 Å². The van der Waals surface area contributed by atoms with Crippen molar-refractivity contribution in [2.24, 2.45) is 0 Å². The molecule has 2 aromatic heterocycles. The molecule has 0 fully saturated rings. The van der Waals surface area contributed by atoms with Crippen LogP contribution < -0.4 is 0 Å². The van der Waals surface area contributed by atoms with Crippen molar-refractivity contribution in [2.75, 3.05) is 6.54 Å². The number of aromatic nitrogens is 3. The molecule has 33 heavy (non-hydrogen) atoms. The average molecular weight is 470 g/mol. The molecule has 0 aliphatic carbocycles. The lowest BCUT2D eigenvalue weighted by molar-refractivity contribution is -0.143. The van der Waals surface area contributed by atoms with Crippen LogP contribution in [0.5, 0.6) is 0 Å². The van der Waals surface area contributed by atoms with Gasteiger partial charge in [-0.25, -0.2) is 4.79 Å². The molecular weight excluding hydrogens is 454 g/mol. The van der Waals surface area contributed by atoms with E-state index in [1.165, 1.54) is 4.90 Å². The van der Waals surface area contributed by atoms with Crippen molar-refractivity contribution >= 4 is 6.09 Å². The van der Waals surface area contributed by atoms with E-state index in [4.69, 9.17) is 4.74 Å². The second kappa shape index (κ2) is 8.41. The van der Waals surface area contributed by atoms with Crippen molar-refractivity contribution < 1.29 is 35.9 Å². The molecule has 0 saturated carbocycles. The fourth-order valence-electron chi connectivity index (χ4n) is 3.42. The van der Waals surface area contributed by atoms with Gasteiger partial charge in [0, 0.05) is 24.5 Å². The summed E-state index contributed by atoms with van der Waals surface area (Å²) in [7, 11) is 0. The molecule has 0 bridgehead atoms. The van der Waals surface area contributed by atoms with Crippen LogP contribution >= 0.6 is 0 Å². The molecule has 0 radical (unpaired) electrons. The zero-order valence-electron chi connectivity index (χ0n) is 16.8. The molecule has 0 N–H and O–H groups in total. The number of carbonyl (C=O) groups is 1. The van der Waals surface area contributed by atoms with Crippen LogP contribution in [-0.4, -0.2) is 32.3 Å². The molecule has 1 aliphatic heterocycles. The van der Waals surface area contributed by atoms with Crippen molar-refractivity contribution in [2.45, 2.75) is 32.0 Å². The number of pyridine rings is 1. The number of amides is 1. The smallest absolute Gasteiger partial charge is 0.416 e. The highest BCUT2D eigenvalue weighted by atomic mass is 19.4. The van der Waals surface area contributed by atoms with Crippen LogP contribution in [0.15, 0.2) is 48.8 Å². The highest BCUT2D eigenvalue weighted by molar-refractivity contribution is 5.68. The molecule has 0 saturated heterocycles. The first-order valence-electron chi connectivity index (χ1n) is 9.68. The van der Waals surface area contributed by atoms with E-state index in [9.17, 15) is 31.1 Å². The Balaban J connectivity index is 1.45. The number of ether oxygens (including phenoxy) is 1. The minimum absolute atomic E-state index is 0.0253. The minimum Gasteiger partial charge on any atom is -0.445 e. The third-order valence-corrected chi connectivity index (χ3v) is 5.04. The number of benzene rings is 1. The Morgan fingerprint density at radius 1 is 0.939 bits per heavy atom. The lowest BCUT2D eigenvalue weighted by atomic mass is 10.1. The lowest BCUT2D eigenvalue weighted by Crippen LogP contribution is -2.38. The number of hydrogen-bond acceptors (Lipinski definition) is 4. The van der Waals surface area contributed by atoms with Gasteiger partial charge in [0.05, 0.1) is 35.6 Å². The highest BCUT2D eigenvalue weighted by Crippen LogP contribution is 2.36. The predicted molar refractivity (Wildman–Crippen MR) is 102 cm³/mol. The van der Waals surface area contributed by atoms with Gasteiger partial charge in [0.15, 0.2) is 0 Å². The van der Waals surface area contributed by atoms with Gasteiger partial charge in [-0.15, -0.1) is 0 Å². The molecule has 3 aromatic rings. The Morgan fingerprint density at radius 2 is 1.58 bits per heavy atom. The number of nitrogens with zero attached hydrogens (tertiary/aromatic N) is 4. The van der Waals surface area contributed by atoms with Gasteiger partial charge < -0.3 is 9.64 Å². The summed E-state index contributed by atoms with van der Waals surface area (Å²) >= 11 is 0. The zero-order valence-corrected chi connectivity index (χ0v) is 16.8. The molecule has 3 heterocycles. The Kier molecular flexibility index (Phi) is 5.76. The summed E-state index contributed by atoms with van der Waals surface area (Å²) in [5.41, 5.74) is -1.10. The fraction of sp³-hybridized carbons (Fsp3) is 0.286. The Labute approximate surface area is 183 Å². The van der Waals surface area contributed by atoms with Gasteiger partial charge >= 0.3 is 18.4 Å². The third kappa shape index (κ3) is 5.10. The second-order valence-corrected chi connectivity index (χ2v) is 7.37. The first kappa shape index (κ1) is 22.6. The number of alkyl halides is 6. The van der Waals surface area contributed by atoms with Crippen molar-refractivity contribution in [3.63, 3.8) is 0 Å². The van der Waals surface area contributed by atoms with E-state index in [1.807, 2.05) is 0 Å². The highest BCUT2D eigenvalue weighted by Gasteiger charge is 2.37.